The predicted molar refractivity (Wildman–Crippen MR) is 41.9 cm³/mol. The molecule has 1 aromatic carbocycles. The Morgan fingerprint density at radius 2 is 2.50 bits per heavy atom. The summed E-state index contributed by atoms with van der Waals surface area (Å²) >= 11 is 0. The number of hydrogen-bond acceptors (Lipinski definition) is 1. The average molecular weight is 133 g/mol. The molecule has 10 heavy (non-hydrogen) atoms. The number of benzene rings is 1. The highest BCUT2D eigenvalue weighted by Gasteiger charge is 1.93. The van der Waals surface area contributed by atoms with Gasteiger partial charge in [-0.05, 0) is 18.2 Å². The fraction of sp³-hybridized carbons (Fsp3) is 0.111. The molecule has 1 radical (unpaired) electrons. The molecule has 0 aliphatic heterocycles. The molecule has 0 spiro atoms. The normalized spacial score (nSPS) is 8.90. The first-order valence-electron chi connectivity index (χ1n) is 3.05. The van der Waals surface area contributed by atoms with E-state index in [1.807, 2.05) is 18.2 Å². The van der Waals surface area contributed by atoms with Crippen LogP contribution in [-0.2, 0) is 0 Å². The molecule has 1 heteroatoms. The summed E-state index contributed by atoms with van der Waals surface area (Å²) in [6.07, 6.45) is 1.75. The zero-order valence-corrected chi connectivity index (χ0v) is 5.92. The first-order chi connectivity index (χ1) is 4.88. The lowest BCUT2D eigenvalue weighted by Crippen LogP contribution is -1.84. The Morgan fingerprint density at radius 3 is 3.00 bits per heavy atom. The highest BCUT2D eigenvalue weighted by Crippen LogP contribution is 2.16. The van der Waals surface area contributed by atoms with Crippen LogP contribution >= 0.6 is 0 Å². The molecule has 0 aromatic heterocycles. The Kier molecular flexibility index (Phi) is 2.11. The van der Waals surface area contributed by atoms with E-state index in [-0.39, 0.29) is 0 Å². The molecule has 0 bridgehead atoms. The molecule has 0 atom stereocenters. The molecule has 0 amide bonds. The van der Waals surface area contributed by atoms with Crippen molar-refractivity contribution in [3.05, 3.63) is 36.4 Å². The SMILES string of the molecule is C=Cc1c[c]ccc1OC. The minimum absolute atomic E-state index is 0.841. The molecule has 1 aromatic rings. The van der Waals surface area contributed by atoms with Crippen LogP contribution in [0.25, 0.3) is 6.08 Å². The van der Waals surface area contributed by atoms with E-state index in [1.165, 1.54) is 0 Å². The van der Waals surface area contributed by atoms with Gasteiger partial charge in [0.25, 0.3) is 0 Å². The van der Waals surface area contributed by atoms with Crippen LogP contribution in [0.2, 0.25) is 0 Å². The summed E-state index contributed by atoms with van der Waals surface area (Å²) in [7, 11) is 1.64. The fourth-order valence-electron chi connectivity index (χ4n) is 0.774. The predicted octanol–water partition coefficient (Wildman–Crippen LogP) is 2.14. The Morgan fingerprint density at radius 1 is 1.70 bits per heavy atom. The zero-order valence-electron chi connectivity index (χ0n) is 5.92. The van der Waals surface area contributed by atoms with E-state index in [0.29, 0.717) is 0 Å². The van der Waals surface area contributed by atoms with Gasteiger partial charge in [-0.25, -0.2) is 0 Å². The van der Waals surface area contributed by atoms with Gasteiger partial charge in [0.1, 0.15) is 5.75 Å². The minimum Gasteiger partial charge on any atom is -0.496 e. The van der Waals surface area contributed by atoms with Crippen molar-refractivity contribution in [2.75, 3.05) is 7.11 Å². The standard InChI is InChI=1S/C9H9O/c1-3-8-6-4-5-7-9(8)10-2/h3,5-7H,1H2,2H3. The van der Waals surface area contributed by atoms with Crippen molar-refractivity contribution in [2.45, 2.75) is 0 Å². The van der Waals surface area contributed by atoms with Gasteiger partial charge in [0.15, 0.2) is 0 Å². The Hall–Kier alpha value is -1.24. The van der Waals surface area contributed by atoms with Gasteiger partial charge in [-0.15, -0.1) is 0 Å². The summed E-state index contributed by atoms with van der Waals surface area (Å²) in [4.78, 5) is 0. The van der Waals surface area contributed by atoms with Gasteiger partial charge in [0, 0.05) is 5.56 Å². The van der Waals surface area contributed by atoms with E-state index in [0.717, 1.165) is 11.3 Å². The van der Waals surface area contributed by atoms with Gasteiger partial charge in [0.05, 0.1) is 7.11 Å². The Labute approximate surface area is 61.0 Å². The highest BCUT2D eigenvalue weighted by molar-refractivity contribution is 5.54. The van der Waals surface area contributed by atoms with Crippen LogP contribution in [0.4, 0.5) is 0 Å². The van der Waals surface area contributed by atoms with E-state index in [4.69, 9.17) is 4.74 Å². The largest absolute Gasteiger partial charge is 0.496 e. The zero-order chi connectivity index (χ0) is 7.40. The first-order valence-corrected chi connectivity index (χ1v) is 3.05. The van der Waals surface area contributed by atoms with Crippen molar-refractivity contribution in [1.82, 2.24) is 0 Å². The molecule has 0 unspecified atom stereocenters. The lowest BCUT2D eigenvalue weighted by atomic mass is 10.2. The van der Waals surface area contributed by atoms with Gasteiger partial charge in [-0.3, -0.25) is 0 Å². The average Bonchev–Trinajstić information content (AvgIpc) is 2.04. The number of methoxy groups -OCH3 is 1. The number of ether oxygens (including phenoxy) is 1. The maximum Gasteiger partial charge on any atom is 0.126 e. The summed E-state index contributed by atoms with van der Waals surface area (Å²) in [6.45, 7) is 3.64. The van der Waals surface area contributed by atoms with Crippen LogP contribution in [0.15, 0.2) is 24.8 Å². The minimum atomic E-state index is 0.841. The van der Waals surface area contributed by atoms with Gasteiger partial charge < -0.3 is 4.74 Å². The van der Waals surface area contributed by atoms with Crippen LogP contribution in [0, 0.1) is 6.07 Å². The molecule has 1 nitrogen and oxygen atoms in total. The van der Waals surface area contributed by atoms with Gasteiger partial charge in [0.2, 0.25) is 0 Å². The van der Waals surface area contributed by atoms with Crippen LogP contribution < -0.4 is 4.74 Å². The Balaban J connectivity index is 3.08. The smallest absolute Gasteiger partial charge is 0.126 e. The summed E-state index contributed by atoms with van der Waals surface area (Å²) in [5.74, 6) is 0.841. The van der Waals surface area contributed by atoms with Crippen molar-refractivity contribution in [3.63, 3.8) is 0 Å². The van der Waals surface area contributed by atoms with Crippen molar-refractivity contribution < 1.29 is 4.74 Å². The second kappa shape index (κ2) is 3.06. The lowest BCUT2D eigenvalue weighted by Gasteiger charge is -2.01. The van der Waals surface area contributed by atoms with Crippen LogP contribution in [0.5, 0.6) is 5.75 Å². The molecular formula is C9H9O. The summed E-state index contributed by atoms with van der Waals surface area (Å²) < 4.78 is 5.04. The molecule has 0 saturated carbocycles. The number of hydrogen-bond donors (Lipinski definition) is 0. The second-order valence-electron chi connectivity index (χ2n) is 1.87. The second-order valence-corrected chi connectivity index (χ2v) is 1.87. The molecule has 0 aliphatic carbocycles. The molecule has 51 valence electrons. The quantitative estimate of drug-likeness (QED) is 0.600. The highest BCUT2D eigenvalue weighted by atomic mass is 16.5. The van der Waals surface area contributed by atoms with Crippen LogP contribution in [0.3, 0.4) is 0 Å². The molecule has 0 heterocycles. The fourth-order valence-corrected chi connectivity index (χ4v) is 0.774. The van der Waals surface area contributed by atoms with Crippen molar-refractivity contribution in [2.24, 2.45) is 0 Å². The Bertz CT molecular complexity index is 228. The molecule has 1 rings (SSSR count). The first kappa shape index (κ1) is 6.87. The van der Waals surface area contributed by atoms with Crippen molar-refractivity contribution >= 4 is 6.08 Å². The third kappa shape index (κ3) is 1.18. The third-order valence-corrected chi connectivity index (χ3v) is 1.29. The third-order valence-electron chi connectivity index (χ3n) is 1.29. The van der Waals surface area contributed by atoms with E-state index in [1.54, 1.807) is 13.2 Å². The molecular weight excluding hydrogens is 124 g/mol. The van der Waals surface area contributed by atoms with E-state index < -0.39 is 0 Å². The number of rotatable bonds is 2. The maximum atomic E-state index is 5.04. The van der Waals surface area contributed by atoms with Gasteiger partial charge in [-0.1, -0.05) is 18.7 Å². The lowest BCUT2D eigenvalue weighted by molar-refractivity contribution is 0.414. The molecule has 0 aliphatic rings. The van der Waals surface area contributed by atoms with Crippen LogP contribution in [-0.4, -0.2) is 7.11 Å². The van der Waals surface area contributed by atoms with Crippen LogP contribution in [0.1, 0.15) is 5.56 Å². The summed E-state index contributed by atoms with van der Waals surface area (Å²) in [6, 6.07) is 8.44. The maximum absolute atomic E-state index is 5.04. The van der Waals surface area contributed by atoms with Gasteiger partial charge >= 0.3 is 0 Å². The summed E-state index contributed by atoms with van der Waals surface area (Å²) in [5.41, 5.74) is 0.977. The van der Waals surface area contributed by atoms with E-state index in [9.17, 15) is 0 Å². The molecule has 0 fully saturated rings. The van der Waals surface area contributed by atoms with E-state index >= 15 is 0 Å². The molecule has 0 saturated heterocycles. The topological polar surface area (TPSA) is 9.23 Å². The van der Waals surface area contributed by atoms with Gasteiger partial charge in [-0.2, -0.15) is 0 Å². The van der Waals surface area contributed by atoms with E-state index in [2.05, 4.69) is 12.6 Å². The molecule has 0 N–H and O–H groups in total. The van der Waals surface area contributed by atoms with Crippen molar-refractivity contribution in [3.8, 4) is 5.75 Å². The monoisotopic (exact) mass is 133 g/mol. The summed E-state index contributed by atoms with van der Waals surface area (Å²) in [5, 5.41) is 0. The van der Waals surface area contributed by atoms with Crippen molar-refractivity contribution in [1.29, 1.82) is 0 Å².